The lowest BCUT2D eigenvalue weighted by molar-refractivity contribution is -0.169. The van der Waals surface area contributed by atoms with E-state index in [0.717, 1.165) is 19.3 Å². The molecule has 0 aromatic heterocycles. The number of nitrogens with zero attached hydrogens (tertiary/aromatic N) is 1. The first-order valence-corrected chi connectivity index (χ1v) is 9.82. The van der Waals surface area contributed by atoms with Crippen molar-refractivity contribution in [2.75, 3.05) is 7.05 Å². The summed E-state index contributed by atoms with van der Waals surface area (Å²) in [5, 5.41) is 12.6. The van der Waals surface area contributed by atoms with Crippen LogP contribution in [0.5, 0.6) is 0 Å². The largest absolute Gasteiger partial charge is 0.458 e. The van der Waals surface area contributed by atoms with Crippen LogP contribution in [0.15, 0.2) is 48.5 Å². The Kier molecular flexibility index (Phi) is 4.93. The average Bonchev–Trinajstić information content (AvgIpc) is 3.16. The molecule has 1 N–H and O–H groups in total. The van der Waals surface area contributed by atoms with Crippen LogP contribution in [-0.4, -0.2) is 41.2 Å². The molecule has 2 aromatic rings. The summed E-state index contributed by atoms with van der Waals surface area (Å²) >= 11 is 12.0. The van der Waals surface area contributed by atoms with Crippen molar-refractivity contribution < 1.29 is 14.6 Å². The monoisotopic (exact) mass is 405 g/mol. The molecule has 2 fully saturated rings. The molecule has 3 atom stereocenters. The lowest BCUT2D eigenvalue weighted by atomic mass is 9.86. The molecule has 0 amide bonds. The Morgan fingerprint density at radius 1 is 1.04 bits per heavy atom. The van der Waals surface area contributed by atoms with E-state index in [0.29, 0.717) is 27.2 Å². The smallest absolute Gasteiger partial charge is 0.348 e. The summed E-state index contributed by atoms with van der Waals surface area (Å²) in [6.45, 7) is 0. The van der Waals surface area contributed by atoms with Gasteiger partial charge in [0.2, 0.25) is 5.60 Å². The summed E-state index contributed by atoms with van der Waals surface area (Å²) < 4.78 is 5.85. The molecule has 0 radical (unpaired) electrons. The molecule has 2 aliphatic heterocycles. The highest BCUT2D eigenvalue weighted by Crippen LogP contribution is 2.40. The van der Waals surface area contributed by atoms with Gasteiger partial charge in [-0.2, -0.15) is 0 Å². The molecular formula is C21H21Cl2NO3. The number of hydrogen-bond donors (Lipinski definition) is 1. The van der Waals surface area contributed by atoms with E-state index < -0.39 is 11.6 Å². The molecule has 2 aliphatic rings. The fraction of sp³-hybridized carbons (Fsp3) is 0.381. The number of carbonyl (C=O) groups excluding carboxylic acids is 1. The van der Waals surface area contributed by atoms with Gasteiger partial charge in [0, 0.05) is 28.5 Å². The van der Waals surface area contributed by atoms with Gasteiger partial charge in [-0.3, -0.25) is 4.90 Å². The molecule has 4 nitrogen and oxygen atoms in total. The maximum absolute atomic E-state index is 13.2. The molecule has 6 heteroatoms. The van der Waals surface area contributed by atoms with Crippen LogP contribution in [0.2, 0.25) is 10.0 Å². The number of rotatable bonds is 4. The quantitative estimate of drug-likeness (QED) is 0.780. The third-order valence-corrected chi connectivity index (χ3v) is 6.41. The fourth-order valence-electron chi connectivity index (χ4n) is 4.33. The number of aliphatic hydroxyl groups is 1. The molecule has 142 valence electrons. The van der Waals surface area contributed by atoms with Crippen molar-refractivity contribution in [3.63, 3.8) is 0 Å². The number of carbonyl (C=O) groups is 1. The van der Waals surface area contributed by atoms with Crippen LogP contribution in [0.3, 0.4) is 0 Å². The Hall–Kier alpha value is -1.59. The third-order valence-electron chi connectivity index (χ3n) is 5.91. The standard InChI is InChI=1S/C21H21Cl2NO3/c1-24-17-10-11-18(24)19(12-17)27-20(25)21(26,13-2-6-15(22)7-3-13)14-4-8-16(23)9-5-14/h2-9,17-19,26H,10-12H2,1H3. The van der Waals surface area contributed by atoms with Crippen LogP contribution in [0.25, 0.3) is 0 Å². The first-order valence-electron chi connectivity index (χ1n) is 9.07. The summed E-state index contributed by atoms with van der Waals surface area (Å²) in [5.74, 6) is -0.668. The van der Waals surface area contributed by atoms with Gasteiger partial charge in [-0.15, -0.1) is 0 Å². The predicted octanol–water partition coefficient (Wildman–Crippen LogP) is 4.01. The molecule has 2 saturated heterocycles. The highest BCUT2D eigenvalue weighted by Gasteiger charge is 2.49. The zero-order chi connectivity index (χ0) is 19.2. The van der Waals surface area contributed by atoms with Crippen LogP contribution >= 0.6 is 23.2 Å². The summed E-state index contributed by atoms with van der Waals surface area (Å²) in [7, 11) is 2.07. The van der Waals surface area contributed by atoms with Crippen molar-refractivity contribution in [3.05, 3.63) is 69.7 Å². The summed E-state index contributed by atoms with van der Waals surface area (Å²) in [4.78, 5) is 15.5. The van der Waals surface area contributed by atoms with E-state index in [1.807, 2.05) is 0 Å². The highest BCUT2D eigenvalue weighted by molar-refractivity contribution is 6.30. The van der Waals surface area contributed by atoms with E-state index in [1.165, 1.54) is 0 Å². The molecule has 27 heavy (non-hydrogen) atoms. The molecule has 2 bridgehead atoms. The molecule has 2 heterocycles. The highest BCUT2D eigenvalue weighted by atomic mass is 35.5. The maximum Gasteiger partial charge on any atom is 0.348 e. The zero-order valence-corrected chi connectivity index (χ0v) is 16.5. The minimum atomic E-state index is -1.92. The zero-order valence-electron chi connectivity index (χ0n) is 14.9. The number of likely N-dealkylation sites (N-methyl/N-ethyl adjacent to an activating group) is 1. The van der Waals surface area contributed by atoms with Crippen molar-refractivity contribution in [2.45, 2.75) is 43.1 Å². The van der Waals surface area contributed by atoms with E-state index >= 15 is 0 Å². The normalized spacial score (nSPS) is 25.0. The second-order valence-corrected chi connectivity index (χ2v) is 8.24. The van der Waals surface area contributed by atoms with E-state index in [-0.39, 0.29) is 12.1 Å². The molecule has 3 unspecified atom stereocenters. The van der Waals surface area contributed by atoms with Crippen LogP contribution in [0.4, 0.5) is 0 Å². The van der Waals surface area contributed by atoms with E-state index in [4.69, 9.17) is 27.9 Å². The predicted molar refractivity (Wildman–Crippen MR) is 105 cm³/mol. The minimum absolute atomic E-state index is 0.202. The van der Waals surface area contributed by atoms with Gasteiger partial charge in [-0.25, -0.2) is 4.79 Å². The van der Waals surface area contributed by atoms with Gasteiger partial charge in [-0.1, -0.05) is 47.5 Å². The number of ether oxygens (including phenoxy) is 1. The van der Waals surface area contributed by atoms with Crippen LogP contribution in [-0.2, 0) is 15.1 Å². The molecular weight excluding hydrogens is 385 g/mol. The first kappa shape index (κ1) is 18.8. The molecule has 0 aliphatic carbocycles. The average molecular weight is 406 g/mol. The van der Waals surface area contributed by atoms with Crippen LogP contribution < -0.4 is 0 Å². The second kappa shape index (κ2) is 7.10. The Morgan fingerprint density at radius 2 is 1.56 bits per heavy atom. The topological polar surface area (TPSA) is 49.8 Å². The van der Waals surface area contributed by atoms with Crippen molar-refractivity contribution in [1.29, 1.82) is 0 Å². The van der Waals surface area contributed by atoms with Gasteiger partial charge < -0.3 is 9.84 Å². The lowest BCUT2D eigenvalue weighted by Crippen LogP contribution is -2.43. The molecule has 4 rings (SSSR count). The van der Waals surface area contributed by atoms with Gasteiger partial charge in [0.1, 0.15) is 6.10 Å². The minimum Gasteiger partial charge on any atom is -0.458 e. The van der Waals surface area contributed by atoms with E-state index in [2.05, 4.69) is 11.9 Å². The Morgan fingerprint density at radius 3 is 1.96 bits per heavy atom. The Balaban J connectivity index is 1.68. The molecule has 2 aromatic carbocycles. The second-order valence-electron chi connectivity index (χ2n) is 7.37. The SMILES string of the molecule is CN1C2CCC1C(OC(=O)C(O)(c1ccc(Cl)cc1)c1ccc(Cl)cc1)C2. The number of halogens is 2. The number of benzene rings is 2. The molecule has 0 saturated carbocycles. The molecule has 0 spiro atoms. The summed E-state index contributed by atoms with van der Waals surface area (Å²) in [6.07, 6.45) is 2.75. The van der Waals surface area contributed by atoms with Gasteiger partial charge in [0.15, 0.2) is 0 Å². The third kappa shape index (κ3) is 3.25. The van der Waals surface area contributed by atoms with Gasteiger partial charge in [0.25, 0.3) is 0 Å². The van der Waals surface area contributed by atoms with Crippen LogP contribution in [0.1, 0.15) is 30.4 Å². The Labute approximate surface area is 168 Å². The van der Waals surface area contributed by atoms with E-state index in [9.17, 15) is 9.90 Å². The van der Waals surface area contributed by atoms with Crippen molar-refractivity contribution >= 4 is 29.2 Å². The van der Waals surface area contributed by atoms with Gasteiger partial charge >= 0.3 is 5.97 Å². The van der Waals surface area contributed by atoms with Gasteiger partial charge in [-0.05, 0) is 55.3 Å². The number of esters is 1. The van der Waals surface area contributed by atoms with Crippen LogP contribution in [0, 0.1) is 0 Å². The summed E-state index contributed by atoms with van der Waals surface area (Å²) in [5.41, 5.74) is -1.10. The van der Waals surface area contributed by atoms with Gasteiger partial charge in [0.05, 0.1) is 0 Å². The fourth-order valence-corrected chi connectivity index (χ4v) is 4.58. The van der Waals surface area contributed by atoms with Crippen molar-refractivity contribution in [2.24, 2.45) is 0 Å². The summed E-state index contributed by atoms with van der Waals surface area (Å²) in [6, 6.07) is 13.8. The number of hydrogen-bond acceptors (Lipinski definition) is 4. The van der Waals surface area contributed by atoms with Crippen molar-refractivity contribution in [1.82, 2.24) is 4.90 Å². The number of fused-ring (bicyclic) bond motifs is 2. The van der Waals surface area contributed by atoms with Crippen molar-refractivity contribution in [3.8, 4) is 0 Å². The first-order chi connectivity index (χ1) is 12.9. The maximum atomic E-state index is 13.2. The lowest BCUT2D eigenvalue weighted by Gasteiger charge is -2.30. The Bertz CT molecular complexity index is 792. The van der Waals surface area contributed by atoms with E-state index in [1.54, 1.807) is 48.5 Å².